The Morgan fingerprint density at radius 3 is 3.00 bits per heavy atom. The molecular formula is C16H19N5S. The second-order valence-electron chi connectivity index (χ2n) is 5.38. The molecule has 0 aliphatic rings. The Labute approximate surface area is 134 Å². The minimum absolute atomic E-state index is 0.333. The molecule has 3 heterocycles. The zero-order valence-electron chi connectivity index (χ0n) is 12.7. The van der Waals surface area contributed by atoms with Crippen LogP contribution >= 0.6 is 11.3 Å². The molecule has 0 saturated carbocycles. The van der Waals surface area contributed by atoms with E-state index in [9.17, 15) is 0 Å². The third-order valence-corrected chi connectivity index (χ3v) is 4.20. The van der Waals surface area contributed by atoms with Crippen LogP contribution in [0.2, 0.25) is 0 Å². The molecule has 3 aromatic heterocycles. The van der Waals surface area contributed by atoms with Gasteiger partial charge in [-0.3, -0.25) is 9.67 Å². The van der Waals surface area contributed by atoms with Crippen LogP contribution in [0.4, 0.5) is 0 Å². The van der Waals surface area contributed by atoms with E-state index in [1.54, 1.807) is 17.5 Å². The van der Waals surface area contributed by atoms with Crippen molar-refractivity contribution in [3.63, 3.8) is 0 Å². The first-order valence-electron chi connectivity index (χ1n) is 7.29. The second-order valence-corrected chi connectivity index (χ2v) is 6.24. The molecule has 3 aromatic rings. The topological polar surface area (TPSA) is 55.6 Å². The Kier molecular flexibility index (Phi) is 4.60. The molecule has 3 rings (SSSR count). The maximum absolute atomic E-state index is 4.63. The van der Waals surface area contributed by atoms with E-state index < -0.39 is 0 Å². The normalized spacial score (nSPS) is 12.5. The fourth-order valence-corrected chi connectivity index (χ4v) is 2.98. The minimum Gasteiger partial charge on any atom is -0.307 e. The van der Waals surface area contributed by atoms with Gasteiger partial charge in [0.15, 0.2) is 0 Å². The molecule has 114 valence electrons. The monoisotopic (exact) mass is 313 g/mol. The van der Waals surface area contributed by atoms with E-state index in [1.165, 1.54) is 5.56 Å². The summed E-state index contributed by atoms with van der Waals surface area (Å²) in [6.45, 7) is 5.81. The summed E-state index contributed by atoms with van der Waals surface area (Å²) >= 11 is 1.63. The average molecular weight is 313 g/mol. The van der Waals surface area contributed by atoms with E-state index in [-0.39, 0.29) is 0 Å². The highest BCUT2D eigenvalue weighted by atomic mass is 32.1. The molecule has 22 heavy (non-hydrogen) atoms. The van der Waals surface area contributed by atoms with Crippen molar-refractivity contribution < 1.29 is 0 Å². The van der Waals surface area contributed by atoms with E-state index in [4.69, 9.17) is 0 Å². The zero-order valence-corrected chi connectivity index (χ0v) is 13.5. The van der Waals surface area contributed by atoms with Gasteiger partial charge in [-0.2, -0.15) is 5.10 Å². The number of aryl methyl sites for hydroxylation is 1. The van der Waals surface area contributed by atoms with Gasteiger partial charge in [0.25, 0.3) is 0 Å². The van der Waals surface area contributed by atoms with Gasteiger partial charge in [-0.15, -0.1) is 11.3 Å². The van der Waals surface area contributed by atoms with E-state index >= 15 is 0 Å². The number of aromatic nitrogens is 4. The predicted molar refractivity (Wildman–Crippen MR) is 88.6 cm³/mol. The highest BCUT2D eigenvalue weighted by Gasteiger charge is 2.08. The molecule has 0 bridgehead atoms. The van der Waals surface area contributed by atoms with Gasteiger partial charge in [0.05, 0.1) is 24.1 Å². The minimum atomic E-state index is 0.333. The fraction of sp³-hybridized carbons (Fsp3) is 0.312. The Morgan fingerprint density at radius 2 is 2.27 bits per heavy atom. The number of nitrogens with one attached hydrogen (secondary N) is 1. The second kappa shape index (κ2) is 6.81. The van der Waals surface area contributed by atoms with Crippen molar-refractivity contribution in [3.8, 4) is 10.7 Å². The van der Waals surface area contributed by atoms with Crippen molar-refractivity contribution in [2.75, 3.05) is 0 Å². The van der Waals surface area contributed by atoms with Crippen LogP contribution in [0.1, 0.15) is 18.2 Å². The van der Waals surface area contributed by atoms with E-state index in [1.807, 2.05) is 29.1 Å². The Bertz CT molecular complexity index is 719. The average Bonchev–Trinajstić information content (AvgIpc) is 3.15. The van der Waals surface area contributed by atoms with E-state index in [0.29, 0.717) is 6.04 Å². The SMILES string of the molecule is Cc1cnn(CC(C)NCc2csc(-c3ccccn3)n2)c1. The molecular weight excluding hydrogens is 294 g/mol. The summed E-state index contributed by atoms with van der Waals surface area (Å²) in [5, 5.41) is 10.8. The highest BCUT2D eigenvalue weighted by Crippen LogP contribution is 2.21. The molecule has 0 aliphatic carbocycles. The molecule has 0 fully saturated rings. The summed E-state index contributed by atoms with van der Waals surface area (Å²) < 4.78 is 1.97. The lowest BCUT2D eigenvalue weighted by atomic mass is 10.3. The molecule has 0 spiro atoms. The third-order valence-electron chi connectivity index (χ3n) is 3.29. The van der Waals surface area contributed by atoms with Crippen molar-refractivity contribution >= 4 is 11.3 Å². The first-order valence-corrected chi connectivity index (χ1v) is 8.17. The summed E-state index contributed by atoms with van der Waals surface area (Å²) in [5.74, 6) is 0. The van der Waals surface area contributed by atoms with Crippen molar-refractivity contribution in [3.05, 3.63) is 53.4 Å². The predicted octanol–water partition coefficient (Wildman–Crippen LogP) is 2.89. The number of thiazole rings is 1. The zero-order chi connectivity index (χ0) is 15.4. The lowest BCUT2D eigenvalue weighted by molar-refractivity contribution is 0.449. The Hall–Kier alpha value is -2.05. The van der Waals surface area contributed by atoms with Crippen LogP contribution in [0, 0.1) is 6.92 Å². The van der Waals surface area contributed by atoms with Gasteiger partial charge in [0, 0.05) is 30.4 Å². The molecule has 6 heteroatoms. The number of nitrogens with zero attached hydrogens (tertiary/aromatic N) is 4. The summed E-state index contributed by atoms with van der Waals surface area (Å²) in [5.41, 5.74) is 3.17. The van der Waals surface area contributed by atoms with Gasteiger partial charge in [0.2, 0.25) is 0 Å². The van der Waals surface area contributed by atoms with E-state index in [0.717, 1.165) is 29.5 Å². The van der Waals surface area contributed by atoms with Crippen LogP contribution in [0.5, 0.6) is 0 Å². The van der Waals surface area contributed by atoms with Gasteiger partial charge in [-0.25, -0.2) is 4.98 Å². The van der Waals surface area contributed by atoms with Crippen LogP contribution in [0.25, 0.3) is 10.7 Å². The maximum Gasteiger partial charge on any atom is 0.142 e. The molecule has 1 atom stereocenters. The number of rotatable bonds is 6. The van der Waals surface area contributed by atoms with Gasteiger partial charge < -0.3 is 5.32 Å². The van der Waals surface area contributed by atoms with Crippen molar-refractivity contribution in [2.24, 2.45) is 0 Å². The summed E-state index contributed by atoms with van der Waals surface area (Å²) in [4.78, 5) is 8.97. The molecule has 0 saturated heterocycles. The van der Waals surface area contributed by atoms with Gasteiger partial charge in [-0.05, 0) is 31.5 Å². The van der Waals surface area contributed by atoms with Crippen molar-refractivity contribution in [1.29, 1.82) is 0 Å². The number of hydrogen-bond acceptors (Lipinski definition) is 5. The van der Waals surface area contributed by atoms with Crippen LogP contribution in [0.15, 0.2) is 42.2 Å². The quantitative estimate of drug-likeness (QED) is 0.760. The molecule has 0 aliphatic heterocycles. The smallest absolute Gasteiger partial charge is 0.142 e. The standard InChI is InChI=1S/C16H19N5S/c1-12-7-19-21(9-12)10-13(2)18-8-14-11-22-16(20-14)15-5-3-4-6-17-15/h3-7,9,11,13,18H,8,10H2,1-2H3. The Balaban J connectivity index is 1.54. The lowest BCUT2D eigenvalue weighted by Crippen LogP contribution is -2.30. The summed E-state index contributed by atoms with van der Waals surface area (Å²) in [6.07, 6.45) is 5.73. The maximum atomic E-state index is 4.63. The fourth-order valence-electron chi connectivity index (χ4n) is 2.19. The molecule has 5 nitrogen and oxygen atoms in total. The van der Waals surface area contributed by atoms with Crippen LogP contribution < -0.4 is 5.32 Å². The lowest BCUT2D eigenvalue weighted by Gasteiger charge is -2.12. The molecule has 0 amide bonds. The molecule has 0 aromatic carbocycles. The van der Waals surface area contributed by atoms with Crippen LogP contribution in [-0.4, -0.2) is 25.8 Å². The van der Waals surface area contributed by atoms with Crippen molar-refractivity contribution in [2.45, 2.75) is 33.0 Å². The largest absolute Gasteiger partial charge is 0.307 e. The number of pyridine rings is 1. The van der Waals surface area contributed by atoms with Crippen LogP contribution in [-0.2, 0) is 13.1 Å². The molecule has 1 N–H and O–H groups in total. The summed E-state index contributed by atoms with van der Waals surface area (Å²) in [7, 11) is 0. The number of hydrogen-bond donors (Lipinski definition) is 1. The summed E-state index contributed by atoms with van der Waals surface area (Å²) in [6, 6.07) is 6.21. The highest BCUT2D eigenvalue weighted by molar-refractivity contribution is 7.13. The van der Waals surface area contributed by atoms with Crippen molar-refractivity contribution in [1.82, 2.24) is 25.1 Å². The van der Waals surface area contributed by atoms with Crippen LogP contribution in [0.3, 0.4) is 0 Å². The Morgan fingerprint density at radius 1 is 1.36 bits per heavy atom. The van der Waals surface area contributed by atoms with Gasteiger partial charge in [0.1, 0.15) is 5.01 Å². The third kappa shape index (κ3) is 3.78. The van der Waals surface area contributed by atoms with Gasteiger partial charge >= 0.3 is 0 Å². The molecule has 1 unspecified atom stereocenters. The van der Waals surface area contributed by atoms with Gasteiger partial charge in [-0.1, -0.05) is 6.07 Å². The molecule has 0 radical (unpaired) electrons. The van der Waals surface area contributed by atoms with E-state index in [2.05, 4.69) is 45.8 Å². The first-order chi connectivity index (χ1) is 10.7. The first kappa shape index (κ1) is 14.9.